The summed E-state index contributed by atoms with van der Waals surface area (Å²) in [5, 5.41) is 3.35. The minimum atomic E-state index is 0.614. The van der Waals surface area contributed by atoms with Gasteiger partial charge in [-0.3, -0.25) is 4.90 Å². The van der Waals surface area contributed by atoms with Crippen LogP contribution in [0.1, 0.15) is 26.7 Å². The summed E-state index contributed by atoms with van der Waals surface area (Å²) in [6, 6.07) is 0.614. The zero-order chi connectivity index (χ0) is 10.2. The lowest BCUT2D eigenvalue weighted by Crippen LogP contribution is -2.44. The molecule has 1 atom stereocenters. The summed E-state index contributed by atoms with van der Waals surface area (Å²) in [4.78, 5) is 2.54. The molecule has 3 heteroatoms. The number of morpholine rings is 1. The van der Waals surface area contributed by atoms with Crippen molar-refractivity contribution in [2.75, 3.05) is 39.4 Å². The highest BCUT2D eigenvalue weighted by Crippen LogP contribution is 2.06. The largest absolute Gasteiger partial charge is 0.379 e. The molecule has 1 aliphatic heterocycles. The Balaban J connectivity index is 1.99. The molecule has 0 aromatic heterocycles. The number of hydrogen-bond donors (Lipinski definition) is 1. The van der Waals surface area contributed by atoms with Gasteiger partial charge in [-0.05, 0) is 39.4 Å². The van der Waals surface area contributed by atoms with Crippen molar-refractivity contribution in [3.05, 3.63) is 0 Å². The van der Waals surface area contributed by atoms with E-state index in [-0.39, 0.29) is 0 Å². The van der Waals surface area contributed by atoms with E-state index in [1.165, 1.54) is 19.4 Å². The van der Waals surface area contributed by atoms with Gasteiger partial charge in [-0.1, -0.05) is 6.92 Å². The average molecular weight is 200 g/mol. The lowest BCUT2D eigenvalue weighted by Gasteiger charge is -2.33. The third kappa shape index (κ3) is 4.40. The number of ether oxygens (including phenoxy) is 1. The Morgan fingerprint density at radius 3 is 3.00 bits per heavy atom. The molecule has 0 aliphatic carbocycles. The molecule has 84 valence electrons. The minimum absolute atomic E-state index is 0.614. The summed E-state index contributed by atoms with van der Waals surface area (Å²) >= 11 is 0. The maximum absolute atomic E-state index is 5.40. The second-order valence-electron chi connectivity index (χ2n) is 4.02. The van der Waals surface area contributed by atoms with E-state index in [0.717, 1.165) is 32.8 Å². The molecule has 1 unspecified atom stereocenters. The third-order valence-corrected chi connectivity index (χ3v) is 2.80. The van der Waals surface area contributed by atoms with Crippen LogP contribution >= 0.6 is 0 Å². The van der Waals surface area contributed by atoms with Crippen LogP contribution in [0.15, 0.2) is 0 Å². The van der Waals surface area contributed by atoms with E-state index in [9.17, 15) is 0 Å². The van der Waals surface area contributed by atoms with Crippen LogP contribution in [0, 0.1) is 0 Å². The molecular weight excluding hydrogens is 176 g/mol. The van der Waals surface area contributed by atoms with Gasteiger partial charge >= 0.3 is 0 Å². The Kier molecular flexibility index (Phi) is 6.15. The molecule has 0 spiro atoms. The summed E-state index contributed by atoms with van der Waals surface area (Å²) in [6.07, 6.45) is 2.59. The van der Waals surface area contributed by atoms with Crippen molar-refractivity contribution in [3.63, 3.8) is 0 Å². The standard InChI is InChI=1S/C11H24N2O/c1-3-12-6-4-5-7-13-8-9-14-10-11(13)2/h11-12H,3-10H2,1-2H3. The predicted molar refractivity (Wildman–Crippen MR) is 59.6 cm³/mol. The predicted octanol–water partition coefficient (Wildman–Crippen LogP) is 1.10. The zero-order valence-corrected chi connectivity index (χ0v) is 9.59. The first-order chi connectivity index (χ1) is 6.84. The van der Waals surface area contributed by atoms with Crippen LogP contribution in [0.5, 0.6) is 0 Å². The second kappa shape index (κ2) is 7.21. The van der Waals surface area contributed by atoms with Crippen LogP contribution in [-0.2, 0) is 4.74 Å². The minimum Gasteiger partial charge on any atom is -0.379 e. The molecule has 1 N–H and O–H groups in total. The van der Waals surface area contributed by atoms with Gasteiger partial charge in [-0.25, -0.2) is 0 Å². The summed E-state index contributed by atoms with van der Waals surface area (Å²) in [5.41, 5.74) is 0. The van der Waals surface area contributed by atoms with Crippen LogP contribution in [0.25, 0.3) is 0 Å². The summed E-state index contributed by atoms with van der Waals surface area (Å²) < 4.78 is 5.40. The molecule has 1 fully saturated rings. The van der Waals surface area contributed by atoms with Crippen LogP contribution in [0.3, 0.4) is 0 Å². The fourth-order valence-electron chi connectivity index (χ4n) is 1.84. The second-order valence-corrected chi connectivity index (χ2v) is 4.02. The molecule has 0 saturated carbocycles. The number of nitrogens with zero attached hydrogens (tertiary/aromatic N) is 1. The van der Waals surface area contributed by atoms with Gasteiger partial charge in [0.2, 0.25) is 0 Å². The SMILES string of the molecule is CCNCCCCN1CCOCC1C. The van der Waals surface area contributed by atoms with E-state index < -0.39 is 0 Å². The Labute approximate surface area is 87.8 Å². The fraction of sp³-hybridized carbons (Fsp3) is 1.00. The number of rotatable bonds is 6. The molecular formula is C11H24N2O. The van der Waals surface area contributed by atoms with Crippen molar-refractivity contribution in [3.8, 4) is 0 Å². The highest BCUT2D eigenvalue weighted by Gasteiger charge is 2.17. The van der Waals surface area contributed by atoms with Gasteiger partial charge in [0, 0.05) is 12.6 Å². The Morgan fingerprint density at radius 1 is 1.43 bits per heavy atom. The van der Waals surface area contributed by atoms with Gasteiger partial charge in [-0.15, -0.1) is 0 Å². The fourth-order valence-corrected chi connectivity index (χ4v) is 1.84. The van der Waals surface area contributed by atoms with Crippen LogP contribution < -0.4 is 5.32 Å². The molecule has 3 nitrogen and oxygen atoms in total. The van der Waals surface area contributed by atoms with Crippen molar-refractivity contribution in [1.29, 1.82) is 0 Å². The molecule has 0 aromatic rings. The van der Waals surface area contributed by atoms with Crippen LogP contribution in [0.4, 0.5) is 0 Å². The average Bonchev–Trinajstić information content (AvgIpc) is 2.20. The van der Waals surface area contributed by atoms with Crippen molar-refractivity contribution < 1.29 is 4.74 Å². The van der Waals surface area contributed by atoms with Gasteiger partial charge in [0.15, 0.2) is 0 Å². The summed E-state index contributed by atoms with van der Waals surface area (Å²) in [7, 11) is 0. The number of hydrogen-bond acceptors (Lipinski definition) is 3. The molecule has 0 amide bonds. The molecule has 1 aliphatic rings. The highest BCUT2D eigenvalue weighted by molar-refractivity contribution is 4.70. The van der Waals surface area contributed by atoms with E-state index in [1.807, 2.05) is 0 Å². The van der Waals surface area contributed by atoms with Gasteiger partial charge in [0.1, 0.15) is 0 Å². The van der Waals surface area contributed by atoms with E-state index in [1.54, 1.807) is 0 Å². The topological polar surface area (TPSA) is 24.5 Å². The monoisotopic (exact) mass is 200 g/mol. The van der Waals surface area contributed by atoms with Crippen molar-refractivity contribution in [2.45, 2.75) is 32.7 Å². The zero-order valence-electron chi connectivity index (χ0n) is 9.59. The molecule has 0 aromatic carbocycles. The Hall–Kier alpha value is -0.120. The summed E-state index contributed by atoms with van der Waals surface area (Å²) in [6.45, 7) is 10.8. The number of unbranched alkanes of at least 4 members (excludes halogenated alkanes) is 1. The molecule has 14 heavy (non-hydrogen) atoms. The maximum Gasteiger partial charge on any atom is 0.0619 e. The maximum atomic E-state index is 5.40. The van der Waals surface area contributed by atoms with Crippen LogP contribution in [0.2, 0.25) is 0 Å². The normalized spacial score (nSPS) is 24.0. The summed E-state index contributed by atoms with van der Waals surface area (Å²) in [5.74, 6) is 0. The number of nitrogens with one attached hydrogen (secondary N) is 1. The molecule has 0 radical (unpaired) electrons. The molecule has 1 rings (SSSR count). The third-order valence-electron chi connectivity index (χ3n) is 2.80. The quantitative estimate of drug-likeness (QED) is 0.650. The van der Waals surface area contributed by atoms with E-state index in [2.05, 4.69) is 24.1 Å². The highest BCUT2D eigenvalue weighted by atomic mass is 16.5. The van der Waals surface area contributed by atoms with Crippen molar-refractivity contribution in [1.82, 2.24) is 10.2 Å². The van der Waals surface area contributed by atoms with Gasteiger partial charge in [-0.2, -0.15) is 0 Å². The lowest BCUT2D eigenvalue weighted by atomic mass is 10.2. The van der Waals surface area contributed by atoms with E-state index >= 15 is 0 Å². The van der Waals surface area contributed by atoms with E-state index in [0.29, 0.717) is 6.04 Å². The van der Waals surface area contributed by atoms with Crippen LogP contribution in [-0.4, -0.2) is 50.3 Å². The molecule has 1 heterocycles. The first kappa shape index (κ1) is 12.0. The first-order valence-electron chi connectivity index (χ1n) is 5.87. The lowest BCUT2D eigenvalue weighted by molar-refractivity contribution is -0.000832. The van der Waals surface area contributed by atoms with Gasteiger partial charge in [0.05, 0.1) is 13.2 Å². The molecule has 0 bridgehead atoms. The van der Waals surface area contributed by atoms with E-state index in [4.69, 9.17) is 4.74 Å². The van der Waals surface area contributed by atoms with Gasteiger partial charge < -0.3 is 10.1 Å². The Morgan fingerprint density at radius 2 is 2.29 bits per heavy atom. The molecule has 1 saturated heterocycles. The van der Waals surface area contributed by atoms with Crippen molar-refractivity contribution in [2.24, 2.45) is 0 Å². The smallest absolute Gasteiger partial charge is 0.0619 e. The van der Waals surface area contributed by atoms with Crippen molar-refractivity contribution >= 4 is 0 Å². The first-order valence-corrected chi connectivity index (χ1v) is 5.87. The van der Waals surface area contributed by atoms with Gasteiger partial charge in [0.25, 0.3) is 0 Å². The Bertz CT molecular complexity index is 141.